The zero-order chi connectivity index (χ0) is 4.12. The van der Waals surface area contributed by atoms with Gasteiger partial charge in [-0.05, 0) is 0 Å². The minimum Gasteiger partial charge on any atom is -0.793 e. The first-order valence-electron chi connectivity index (χ1n) is 2.00. The molecule has 0 aromatic carbocycles. The molecule has 0 bridgehead atoms. The molecule has 0 heterocycles. The summed E-state index contributed by atoms with van der Waals surface area (Å²) in [4.78, 5) is 0. The van der Waals surface area contributed by atoms with Gasteiger partial charge >= 0.3 is 23.9 Å². The molecule has 0 aliphatic heterocycles. The molecule has 2 radical (unpaired) electrons. The molecule has 0 amide bonds. The normalized spacial score (nSPS) is 7.00. The Hall–Kier alpha value is 1.15. The van der Waals surface area contributed by atoms with E-state index >= 15 is 0 Å². The summed E-state index contributed by atoms with van der Waals surface area (Å²) in [6, 6.07) is 0. The molecule has 0 aromatic heterocycles. The predicted molar refractivity (Wildman–Crippen MR) is 32.9 cm³/mol. The van der Waals surface area contributed by atoms with Crippen molar-refractivity contribution in [1.29, 1.82) is 0 Å². The molecule has 0 atom stereocenters. The number of rotatable bonds is 2. The van der Waals surface area contributed by atoms with Crippen molar-refractivity contribution < 1.29 is 0 Å². The quantitative estimate of drug-likeness (QED) is 0.480. The van der Waals surface area contributed by atoms with Gasteiger partial charge in [0, 0.05) is 0 Å². The van der Waals surface area contributed by atoms with Crippen LogP contribution in [0.25, 0.3) is 0 Å². The van der Waals surface area contributed by atoms with Crippen LogP contribution in [0.4, 0.5) is 0 Å². The number of hydrogen-bond donors (Lipinski definition) is 0. The Labute approximate surface area is 62.1 Å². The third-order valence-electron chi connectivity index (χ3n) is 0.498. The van der Waals surface area contributed by atoms with E-state index in [-0.39, 0.29) is 23.9 Å². The first kappa shape index (κ1) is 10.2. The van der Waals surface area contributed by atoms with E-state index in [1.54, 1.807) is 0 Å². The van der Waals surface area contributed by atoms with Gasteiger partial charge in [-0.3, -0.25) is 0 Å². The predicted octanol–water partition coefficient (Wildman–Crippen LogP) is 0.953. The second kappa shape index (κ2) is 9.47. The average Bonchev–Trinajstić information content (AvgIpc) is 1.41. The summed E-state index contributed by atoms with van der Waals surface area (Å²) >= 11 is 4.65. The molecule has 34 valence electrons. The molecular formula is C4H9SSn+. The van der Waals surface area contributed by atoms with Gasteiger partial charge in [-0.2, -0.15) is 5.75 Å². The molecule has 0 saturated carbocycles. The molecule has 0 rings (SSSR count). The molecule has 6 heavy (non-hydrogen) atoms. The maximum absolute atomic E-state index is 4.65. The average molecular weight is 208 g/mol. The number of hydrogen-bond acceptors (Lipinski definition) is 1. The van der Waals surface area contributed by atoms with Gasteiger partial charge in [-0.1, -0.05) is 19.8 Å². The summed E-state index contributed by atoms with van der Waals surface area (Å²) in [6.07, 6.45) is 2.44. The Morgan fingerprint density at radius 1 is 1.50 bits per heavy atom. The summed E-state index contributed by atoms with van der Waals surface area (Å²) in [6.45, 7) is 2.15. The van der Waals surface area contributed by atoms with E-state index in [1.165, 1.54) is 12.8 Å². The van der Waals surface area contributed by atoms with Crippen LogP contribution in [-0.4, -0.2) is 29.7 Å². The van der Waals surface area contributed by atoms with Crippen molar-refractivity contribution in [3.63, 3.8) is 0 Å². The first-order chi connectivity index (χ1) is 2.41. The van der Waals surface area contributed by atoms with Gasteiger partial charge in [0.15, 0.2) is 0 Å². The molecule has 0 nitrogen and oxygen atoms in total. The molecule has 0 spiro atoms. The van der Waals surface area contributed by atoms with Gasteiger partial charge in [-0.15, -0.1) is 0 Å². The topological polar surface area (TPSA) is 0 Å². The van der Waals surface area contributed by atoms with Crippen molar-refractivity contribution in [2.75, 3.05) is 5.75 Å². The standard InChI is InChI=1S/C4H10S.Sn/c1-2-3-4-5;/h5H,2-4H2,1H3;/q;+2/p-1. The first-order valence-corrected chi connectivity index (χ1v) is 2.57. The molecule has 0 aliphatic rings. The molecule has 2 heteroatoms. The van der Waals surface area contributed by atoms with Gasteiger partial charge in [0.1, 0.15) is 0 Å². The van der Waals surface area contributed by atoms with Crippen LogP contribution in [0.2, 0.25) is 0 Å². The summed E-state index contributed by atoms with van der Waals surface area (Å²) in [5.74, 6) is 0.927. The van der Waals surface area contributed by atoms with Crippen LogP contribution in [0.15, 0.2) is 0 Å². The summed E-state index contributed by atoms with van der Waals surface area (Å²) in [7, 11) is 0. The third-order valence-corrected chi connectivity index (χ3v) is 0.787. The van der Waals surface area contributed by atoms with Crippen LogP contribution in [0.3, 0.4) is 0 Å². The van der Waals surface area contributed by atoms with Crippen molar-refractivity contribution in [2.24, 2.45) is 0 Å². The molecular weight excluding hydrogens is 199 g/mol. The molecule has 0 aromatic rings. The van der Waals surface area contributed by atoms with Crippen LogP contribution < -0.4 is 0 Å². The Bertz CT molecular complexity index is 15.0. The maximum atomic E-state index is 4.65. The fourth-order valence-electron chi connectivity index (χ4n) is 0.144. The molecule has 0 aliphatic carbocycles. The minimum absolute atomic E-state index is 0. The fourth-order valence-corrected chi connectivity index (χ4v) is 0.433. The van der Waals surface area contributed by atoms with E-state index in [1.807, 2.05) is 0 Å². The molecule has 0 saturated heterocycles. The molecule has 0 unspecified atom stereocenters. The van der Waals surface area contributed by atoms with Crippen molar-refractivity contribution in [3.05, 3.63) is 0 Å². The Morgan fingerprint density at radius 3 is 2.00 bits per heavy atom. The van der Waals surface area contributed by atoms with E-state index in [0.717, 1.165) is 5.75 Å². The summed E-state index contributed by atoms with van der Waals surface area (Å²) < 4.78 is 0. The van der Waals surface area contributed by atoms with Gasteiger partial charge in [0.25, 0.3) is 0 Å². The Kier molecular flexibility index (Phi) is 16.1. The minimum atomic E-state index is 0. The summed E-state index contributed by atoms with van der Waals surface area (Å²) in [5.41, 5.74) is 0. The Balaban J connectivity index is 0. The van der Waals surface area contributed by atoms with E-state index in [2.05, 4.69) is 19.6 Å². The fraction of sp³-hybridized carbons (Fsp3) is 1.00. The number of unbranched alkanes of at least 4 members (excludes halogenated alkanes) is 1. The van der Waals surface area contributed by atoms with Crippen LogP contribution in [0.1, 0.15) is 19.8 Å². The van der Waals surface area contributed by atoms with Crippen molar-refractivity contribution in [3.8, 4) is 0 Å². The van der Waals surface area contributed by atoms with Gasteiger partial charge in [0.05, 0.1) is 0 Å². The maximum Gasteiger partial charge on any atom is 2.00 e. The molecule has 0 N–H and O–H groups in total. The van der Waals surface area contributed by atoms with Crippen LogP contribution in [0, 0.1) is 0 Å². The zero-order valence-electron chi connectivity index (χ0n) is 4.03. The van der Waals surface area contributed by atoms with E-state index in [9.17, 15) is 0 Å². The van der Waals surface area contributed by atoms with Crippen molar-refractivity contribution in [2.45, 2.75) is 19.8 Å². The second-order valence-electron chi connectivity index (χ2n) is 1.06. The van der Waals surface area contributed by atoms with Crippen molar-refractivity contribution >= 4 is 36.5 Å². The van der Waals surface area contributed by atoms with E-state index < -0.39 is 0 Å². The largest absolute Gasteiger partial charge is 2.00 e. The van der Waals surface area contributed by atoms with E-state index in [4.69, 9.17) is 0 Å². The van der Waals surface area contributed by atoms with Crippen LogP contribution in [0.5, 0.6) is 0 Å². The van der Waals surface area contributed by atoms with Crippen LogP contribution >= 0.6 is 0 Å². The van der Waals surface area contributed by atoms with E-state index in [0.29, 0.717) is 0 Å². The zero-order valence-corrected chi connectivity index (χ0v) is 7.70. The third kappa shape index (κ3) is 8.94. The van der Waals surface area contributed by atoms with Gasteiger partial charge in [0.2, 0.25) is 0 Å². The van der Waals surface area contributed by atoms with Gasteiger partial charge < -0.3 is 12.6 Å². The Morgan fingerprint density at radius 2 is 2.00 bits per heavy atom. The van der Waals surface area contributed by atoms with Crippen LogP contribution in [-0.2, 0) is 12.6 Å². The summed E-state index contributed by atoms with van der Waals surface area (Å²) in [5, 5.41) is 0. The second-order valence-corrected chi connectivity index (χ2v) is 1.47. The molecule has 0 fully saturated rings. The smallest absolute Gasteiger partial charge is 0.793 e. The monoisotopic (exact) mass is 209 g/mol. The van der Waals surface area contributed by atoms with Gasteiger partial charge in [-0.25, -0.2) is 0 Å². The van der Waals surface area contributed by atoms with Crippen molar-refractivity contribution in [1.82, 2.24) is 0 Å². The SMILES string of the molecule is CCCC[S-].[Sn+2].